The van der Waals surface area contributed by atoms with Crippen molar-refractivity contribution in [2.45, 2.75) is 53.6 Å². The zero-order valence-electron chi connectivity index (χ0n) is 9.39. The number of allylic oxidation sites excluding steroid dienone is 1. The highest BCUT2D eigenvalue weighted by molar-refractivity contribution is 4.96. The first-order valence-corrected chi connectivity index (χ1v) is 4.75. The quantitative estimate of drug-likeness (QED) is 0.633. The lowest BCUT2D eigenvalue weighted by Crippen LogP contribution is -2.13. The first-order valence-electron chi connectivity index (χ1n) is 4.75. The SMILES string of the molecule is CC(C)/C=C\C(C)(C)O.CCC. The van der Waals surface area contributed by atoms with E-state index in [1.54, 1.807) is 13.8 Å². The normalized spacial score (nSPS) is 11.7. The van der Waals surface area contributed by atoms with Crippen molar-refractivity contribution >= 4 is 0 Å². The van der Waals surface area contributed by atoms with E-state index in [-0.39, 0.29) is 0 Å². The molecule has 74 valence electrons. The minimum atomic E-state index is -0.649. The second-order valence-electron chi connectivity index (χ2n) is 3.96. The van der Waals surface area contributed by atoms with Gasteiger partial charge < -0.3 is 5.11 Å². The van der Waals surface area contributed by atoms with Crippen molar-refractivity contribution in [1.29, 1.82) is 0 Å². The summed E-state index contributed by atoms with van der Waals surface area (Å²) in [5.74, 6) is 0.524. The maximum Gasteiger partial charge on any atom is 0.0771 e. The van der Waals surface area contributed by atoms with Gasteiger partial charge >= 0.3 is 0 Å². The smallest absolute Gasteiger partial charge is 0.0771 e. The molecule has 0 aromatic carbocycles. The van der Waals surface area contributed by atoms with Crippen molar-refractivity contribution in [2.24, 2.45) is 5.92 Å². The molecule has 0 atom stereocenters. The van der Waals surface area contributed by atoms with Gasteiger partial charge in [0.15, 0.2) is 0 Å². The highest BCUT2D eigenvalue weighted by atomic mass is 16.3. The Morgan fingerprint density at radius 1 is 1.25 bits per heavy atom. The molecule has 1 heteroatoms. The Morgan fingerprint density at radius 2 is 1.58 bits per heavy atom. The molecule has 0 saturated heterocycles. The molecule has 0 rings (SSSR count). The lowest BCUT2D eigenvalue weighted by Gasteiger charge is -2.10. The molecule has 0 bridgehead atoms. The van der Waals surface area contributed by atoms with E-state index >= 15 is 0 Å². The topological polar surface area (TPSA) is 20.2 Å². The van der Waals surface area contributed by atoms with Crippen molar-refractivity contribution in [2.75, 3.05) is 0 Å². The van der Waals surface area contributed by atoms with Gasteiger partial charge in [-0.3, -0.25) is 0 Å². The molecule has 1 N–H and O–H groups in total. The molecule has 0 aliphatic carbocycles. The van der Waals surface area contributed by atoms with E-state index < -0.39 is 5.60 Å². The molecular formula is C11H24O. The molecular weight excluding hydrogens is 148 g/mol. The Labute approximate surface area is 77.5 Å². The predicted molar refractivity (Wildman–Crippen MR) is 56.2 cm³/mol. The van der Waals surface area contributed by atoms with Crippen molar-refractivity contribution in [3.63, 3.8) is 0 Å². The fraction of sp³-hybridized carbons (Fsp3) is 0.818. The number of hydrogen-bond acceptors (Lipinski definition) is 1. The first-order chi connectivity index (χ1) is 5.33. The van der Waals surface area contributed by atoms with Crippen LogP contribution < -0.4 is 0 Å². The Kier molecular flexibility index (Phi) is 8.73. The van der Waals surface area contributed by atoms with E-state index in [9.17, 15) is 5.11 Å². The summed E-state index contributed by atoms with van der Waals surface area (Å²) in [5.41, 5.74) is -0.649. The summed E-state index contributed by atoms with van der Waals surface area (Å²) in [6.45, 7) is 12.0. The van der Waals surface area contributed by atoms with Crippen molar-refractivity contribution in [3.8, 4) is 0 Å². The summed E-state index contributed by atoms with van der Waals surface area (Å²) in [7, 11) is 0. The molecule has 0 aliphatic rings. The maximum atomic E-state index is 9.18. The highest BCUT2D eigenvalue weighted by Gasteiger charge is 2.05. The Balaban J connectivity index is 0. The fourth-order valence-electron chi connectivity index (χ4n) is 0.428. The summed E-state index contributed by atoms with van der Waals surface area (Å²) in [6, 6.07) is 0. The fourth-order valence-corrected chi connectivity index (χ4v) is 0.428. The maximum absolute atomic E-state index is 9.18. The molecule has 0 aromatic heterocycles. The minimum Gasteiger partial charge on any atom is -0.386 e. The second-order valence-corrected chi connectivity index (χ2v) is 3.96. The highest BCUT2D eigenvalue weighted by Crippen LogP contribution is 2.05. The van der Waals surface area contributed by atoms with Crippen LogP contribution in [-0.2, 0) is 0 Å². The molecule has 0 fully saturated rings. The van der Waals surface area contributed by atoms with E-state index in [0.717, 1.165) is 0 Å². The van der Waals surface area contributed by atoms with E-state index in [2.05, 4.69) is 27.7 Å². The molecule has 0 amide bonds. The zero-order chi connectivity index (χ0) is 10.2. The van der Waals surface area contributed by atoms with Gasteiger partial charge in [-0.25, -0.2) is 0 Å². The average molecular weight is 172 g/mol. The third-order valence-corrected chi connectivity index (χ3v) is 0.889. The largest absolute Gasteiger partial charge is 0.386 e. The van der Waals surface area contributed by atoms with Gasteiger partial charge in [0.05, 0.1) is 5.60 Å². The third-order valence-electron chi connectivity index (χ3n) is 0.889. The molecule has 0 radical (unpaired) electrons. The predicted octanol–water partition coefficient (Wildman–Crippen LogP) is 3.39. The van der Waals surface area contributed by atoms with Crippen LogP contribution in [0.4, 0.5) is 0 Å². The van der Waals surface area contributed by atoms with Crippen LogP contribution in [0.1, 0.15) is 48.0 Å². The Morgan fingerprint density at radius 3 is 1.67 bits per heavy atom. The minimum absolute atomic E-state index is 0.524. The van der Waals surface area contributed by atoms with Crippen molar-refractivity contribution < 1.29 is 5.11 Å². The van der Waals surface area contributed by atoms with E-state index in [0.29, 0.717) is 5.92 Å². The van der Waals surface area contributed by atoms with Gasteiger partial charge in [0.1, 0.15) is 0 Å². The van der Waals surface area contributed by atoms with Crippen LogP contribution in [0.2, 0.25) is 0 Å². The molecule has 1 nitrogen and oxygen atoms in total. The van der Waals surface area contributed by atoms with Crippen LogP contribution >= 0.6 is 0 Å². The molecule has 0 spiro atoms. The van der Waals surface area contributed by atoms with E-state index in [1.165, 1.54) is 6.42 Å². The van der Waals surface area contributed by atoms with E-state index in [1.807, 2.05) is 12.2 Å². The summed E-state index contributed by atoms with van der Waals surface area (Å²) in [6.07, 6.45) is 5.07. The second kappa shape index (κ2) is 7.35. The van der Waals surface area contributed by atoms with Crippen LogP contribution in [0, 0.1) is 5.92 Å². The summed E-state index contributed by atoms with van der Waals surface area (Å²) >= 11 is 0. The monoisotopic (exact) mass is 172 g/mol. The summed E-state index contributed by atoms with van der Waals surface area (Å²) in [4.78, 5) is 0. The third kappa shape index (κ3) is 22.6. The summed E-state index contributed by atoms with van der Waals surface area (Å²) in [5, 5.41) is 9.18. The average Bonchev–Trinajstić information content (AvgIpc) is 1.84. The standard InChI is InChI=1S/C8H16O.C3H8/c1-7(2)5-6-8(3,4)9;1-3-2/h5-7,9H,1-4H3;3H2,1-2H3/b6-5-;. The van der Waals surface area contributed by atoms with Gasteiger partial charge in [0, 0.05) is 0 Å². The van der Waals surface area contributed by atoms with Gasteiger partial charge in [-0.15, -0.1) is 0 Å². The number of rotatable bonds is 2. The van der Waals surface area contributed by atoms with Crippen LogP contribution in [0.15, 0.2) is 12.2 Å². The van der Waals surface area contributed by atoms with Crippen molar-refractivity contribution in [1.82, 2.24) is 0 Å². The van der Waals surface area contributed by atoms with Gasteiger partial charge in [0.2, 0.25) is 0 Å². The lowest BCUT2D eigenvalue weighted by atomic mass is 10.1. The van der Waals surface area contributed by atoms with Gasteiger partial charge in [0.25, 0.3) is 0 Å². The van der Waals surface area contributed by atoms with Crippen LogP contribution in [0.3, 0.4) is 0 Å². The van der Waals surface area contributed by atoms with Crippen LogP contribution in [-0.4, -0.2) is 10.7 Å². The van der Waals surface area contributed by atoms with Gasteiger partial charge in [-0.1, -0.05) is 46.3 Å². The number of hydrogen-bond donors (Lipinski definition) is 1. The molecule has 0 heterocycles. The first kappa shape index (κ1) is 14.2. The Bertz CT molecular complexity index is 107. The van der Waals surface area contributed by atoms with Crippen molar-refractivity contribution in [3.05, 3.63) is 12.2 Å². The molecule has 0 unspecified atom stereocenters. The van der Waals surface area contributed by atoms with Gasteiger partial charge in [-0.05, 0) is 19.8 Å². The number of aliphatic hydroxyl groups is 1. The van der Waals surface area contributed by atoms with E-state index in [4.69, 9.17) is 0 Å². The summed E-state index contributed by atoms with van der Waals surface area (Å²) < 4.78 is 0. The molecule has 0 saturated carbocycles. The molecule has 0 aliphatic heterocycles. The van der Waals surface area contributed by atoms with Gasteiger partial charge in [-0.2, -0.15) is 0 Å². The molecule has 0 aromatic rings. The zero-order valence-corrected chi connectivity index (χ0v) is 9.39. The lowest BCUT2D eigenvalue weighted by molar-refractivity contribution is 0.132. The Hall–Kier alpha value is -0.300. The van der Waals surface area contributed by atoms with Crippen LogP contribution in [0.25, 0.3) is 0 Å². The molecule has 12 heavy (non-hydrogen) atoms. The van der Waals surface area contributed by atoms with Crippen LogP contribution in [0.5, 0.6) is 0 Å².